The molecule has 1 aromatic carbocycles. The highest BCUT2D eigenvalue weighted by atomic mass is 16.6. The fourth-order valence-electron chi connectivity index (χ4n) is 3.65. The van der Waals surface area contributed by atoms with Crippen LogP contribution in [-0.2, 0) is 10.2 Å². The van der Waals surface area contributed by atoms with Crippen LogP contribution in [0.5, 0.6) is 5.75 Å². The zero-order valence-electron chi connectivity index (χ0n) is 19.3. The van der Waals surface area contributed by atoms with Crippen LogP contribution in [0.15, 0.2) is 29.3 Å². The van der Waals surface area contributed by atoms with E-state index >= 15 is 0 Å². The number of carbonyl (C=O) groups is 1. The molecule has 30 heavy (non-hydrogen) atoms. The fraction of sp³-hybridized carbons (Fsp3) is 0.600. The summed E-state index contributed by atoms with van der Waals surface area (Å²) in [4.78, 5) is 18.7. The average Bonchev–Trinajstić information content (AvgIpc) is 2.67. The zero-order valence-corrected chi connectivity index (χ0v) is 19.3. The van der Waals surface area contributed by atoms with E-state index in [-0.39, 0.29) is 17.6 Å². The van der Waals surface area contributed by atoms with Gasteiger partial charge >= 0.3 is 6.09 Å². The third-order valence-corrected chi connectivity index (χ3v) is 5.37. The Morgan fingerprint density at radius 1 is 1.07 bits per heavy atom. The number of nitrogens with zero attached hydrogens (tertiary/aromatic N) is 2. The minimum atomic E-state index is -0.471. The van der Waals surface area contributed by atoms with E-state index in [1.54, 1.807) is 4.90 Å². The summed E-state index contributed by atoms with van der Waals surface area (Å²) in [5, 5.41) is 0. The molecule has 3 rings (SSSR count). The van der Waals surface area contributed by atoms with Crippen molar-refractivity contribution in [3.63, 3.8) is 0 Å². The first-order valence-corrected chi connectivity index (χ1v) is 11.0. The molecule has 164 valence electrons. The van der Waals surface area contributed by atoms with Crippen molar-refractivity contribution in [2.45, 2.75) is 84.3 Å². The van der Waals surface area contributed by atoms with Gasteiger partial charge in [0, 0.05) is 37.7 Å². The summed E-state index contributed by atoms with van der Waals surface area (Å²) < 4.78 is 12.0. The van der Waals surface area contributed by atoms with Gasteiger partial charge in [0.2, 0.25) is 0 Å². The van der Waals surface area contributed by atoms with Gasteiger partial charge in [0.1, 0.15) is 17.5 Å². The van der Waals surface area contributed by atoms with E-state index in [4.69, 9.17) is 9.47 Å². The molecule has 5 nitrogen and oxygen atoms in total. The lowest BCUT2D eigenvalue weighted by molar-refractivity contribution is 0.0126. The lowest BCUT2D eigenvalue weighted by Crippen LogP contribution is -2.44. The summed E-state index contributed by atoms with van der Waals surface area (Å²) in [6, 6.07) is 6.49. The Hall–Kier alpha value is -2.30. The maximum atomic E-state index is 12.3. The summed E-state index contributed by atoms with van der Waals surface area (Å²) in [5.41, 5.74) is 2.85. The van der Waals surface area contributed by atoms with E-state index in [1.165, 1.54) is 5.56 Å². The molecule has 0 aromatic heterocycles. The van der Waals surface area contributed by atoms with Crippen LogP contribution in [0.3, 0.4) is 0 Å². The Morgan fingerprint density at radius 2 is 1.77 bits per heavy atom. The molecule has 1 aromatic rings. The van der Waals surface area contributed by atoms with Crippen molar-refractivity contribution in [3.8, 4) is 5.75 Å². The number of piperidine rings is 1. The van der Waals surface area contributed by atoms with Gasteiger partial charge < -0.3 is 14.4 Å². The molecule has 2 aliphatic rings. The second-order valence-electron chi connectivity index (χ2n) is 10.2. The van der Waals surface area contributed by atoms with E-state index in [2.05, 4.69) is 50.0 Å². The van der Waals surface area contributed by atoms with Crippen LogP contribution in [0.4, 0.5) is 4.79 Å². The predicted octanol–water partition coefficient (Wildman–Crippen LogP) is 5.97. The van der Waals surface area contributed by atoms with Crippen LogP contribution in [0.25, 0.3) is 5.70 Å². The van der Waals surface area contributed by atoms with Gasteiger partial charge in [0.05, 0.1) is 5.70 Å². The van der Waals surface area contributed by atoms with Gasteiger partial charge in [-0.3, -0.25) is 4.99 Å². The van der Waals surface area contributed by atoms with Crippen molar-refractivity contribution < 1.29 is 14.3 Å². The average molecular weight is 413 g/mol. The van der Waals surface area contributed by atoms with Crippen molar-refractivity contribution in [1.82, 2.24) is 4.90 Å². The van der Waals surface area contributed by atoms with E-state index in [9.17, 15) is 4.79 Å². The Bertz CT molecular complexity index is 820. The molecule has 0 saturated carbocycles. The zero-order chi connectivity index (χ0) is 21.9. The lowest BCUT2D eigenvalue weighted by atomic mass is 9.86. The topological polar surface area (TPSA) is 51.1 Å². The minimum absolute atomic E-state index is 0.0426. The molecular weight excluding hydrogens is 376 g/mol. The number of hydrogen-bond acceptors (Lipinski definition) is 4. The number of aliphatic imine (C=N–C) groups is 1. The highest BCUT2D eigenvalue weighted by Crippen LogP contribution is 2.35. The summed E-state index contributed by atoms with van der Waals surface area (Å²) in [6.07, 6.45) is 7.59. The highest BCUT2D eigenvalue weighted by Gasteiger charge is 2.28. The number of allylic oxidation sites excluding steroid dienone is 1. The quantitative estimate of drug-likeness (QED) is 0.615. The molecule has 0 radical (unpaired) electrons. The SMILES string of the molecule is CC(C)(C)OC(=O)N1CCC(Oc2cc(C(C)(C)C)ccc2C2=CCCC=N2)CC1. The van der Waals surface area contributed by atoms with Gasteiger partial charge in [-0.2, -0.15) is 0 Å². The number of benzene rings is 1. The van der Waals surface area contributed by atoms with E-state index in [0.29, 0.717) is 13.1 Å². The number of carbonyl (C=O) groups excluding carboxylic acids is 1. The second kappa shape index (κ2) is 8.83. The first-order chi connectivity index (χ1) is 14.0. The molecule has 0 N–H and O–H groups in total. The maximum absolute atomic E-state index is 12.3. The van der Waals surface area contributed by atoms with Gasteiger partial charge in [-0.1, -0.05) is 32.9 Å². The Labute approximate surface area is 181 Å². The van der Waals surface area contributed by atoms with Crippen molar-refractivity contribution in [3.05, 3.63) is 35.4 Å². The van der Waals surface area contributed by atoms with Crippen LogP contribution in [0, 0.1) is 0 Å². The summed E-state index contributed by atoms with van der Waals surface area (Å²) in [5.74, 6) is 0.892. The molecule has 0 unspecified atom stereocenters. The van der Waals surface area contributed by atoms with Crippen LogP contribution in [0.2, 0.25) is 0 Å². The van der Waals surface area contributed by atoms with E-state index < -0.39 is 5.60 Å². The largest absolute Gasteiger partial charge is 0.490 e. The standard InChI is InChI=1S/C25H36N2O3/c1-24(2,3)18-10-11-20(21-9-7-8-14-26-21)22(17-18)29-19-12-15-27(16-13-19)23(28)30-25(4,5)6/h9-11,14,17,19H,7-8,12-13,15-16H2,1-6H3. The van der Waals surface area contributed by atoms with Crippen molar-refractivity contribution in [1.29, 1.82) is 0 Å². The van der Waals surface area contributed by atoms with E-state index in [0.717, 1.165) is 42.7 Å². The predicted molar refractivity (Wildman–Crippen MR) is 122 cm³/mol. The Morgan fingerprint density at radius 3 is 2.33 bits per heavy atom. The molecule has 5 heteroatoms. The Balaban J connectivity index is 1.73. The third-order valence-electron chi connectivity index (χ3n) is 5.37. The molecule has 0 spiro atoms. The third kappa shape index (κ3) is 5.87. The molecule has 0 atom stereocenters. The van der Waals surface area contributed by atoms with Gasteiger partial charge in [-0.05, 0) is 56.7 Å². The normalized spacial score (nSPS) is 18.2. The van der Waals surface area contributed by atoms with Crippen molar-refractivity contribution in [2.75, 3.05) is 13.1 Å². The first-order valence-electron chi connectivity index (χ1n) is 11.0. The van der Waals surface area contributed by atoms with Crippen LogP contribution >= 0.6 is 0 Å². The summed E-state index contributed by atoms with van der Waals surface area (Å²) in [6.45, 7) is 13.6. The smallest absolute Gasteiger partial charge is 0.410 e. The Kier molecular flexibility index (Phi) is 6.59. The van der Waals surface area contributed by atoms with Crippen molar-refractivity contribution in [2.24, 2.45) is 4.99 Å². The number of hydrogen-bond donors (Lipinski definition) is 0. The van der Waals surface area contributed by atoms with Gasteiger partial charge in [-0.15, -0.1) is 0 Å². The second-order valence-corrected chi connectivity index (χ2v) is 10.2. The fourth-order valence-corrected chi connectivity index (χ4v) is 3.65. The van der Waals surface area contributed by atoms with Gasteiger partial charge in [-0.25, -0.2) is 4.79 Å². The molecule has 1 fully saturated rings. The molecule has 2 aliphatic heterocycles. The number of likely N-dealkylation sites (tertiary alicyclic amines) is 1. The number of amides is 1. The molecule has 2 heterocycles. The van der Waals surface area contributed by atoms with Crippen molar-refractivity contribution >= 4 is 18.0 Å². The van der Waals surface area contributed by atoms with Crippen LogP contribution < -0.4 is 4.74 Å². The summed E-state index contributed by atoms with van der Waals surface area (Å²) >= 11 is 0. The lowest BCUT2D eigenvalue weighted by Gasteiger charge is -2.34. The molecule has 1 amide bonds. The molecule has 0 aliphatic carbocycles. The first kappa shape index (κ1) is 22.4. The number of rotatable bonds is 3. The van der Waals surface area contributed by atoms with Crippen LogP contribution in [-0.4, -0.2) is 42.0 Å². The minimum Gasteiger partial charge on any atom is -0.490 e. The number of ether oxygens (including phenoxy) is 2. The van der Waals surface area contributed by atoms with Gasteiger partial charge in [0.25, 0.3) is 0 Å². The summed E-state index contributed by atoms with van der Waals surface area (Å²) in [7, 11) is 0. The maximum Gasteiger partial charge on any atom is 0.410 e. The van der Waals surface area contributed by atoms with Crippen LogP contribution in [0.1, 0.15) is 78.4 Å². The molecule has 1 saturated heterocycles. The molecular formula is C25H36N2O3. The van der Waals surface area contributed by atoms with E-state index in [1.807, 2.05) is 27.0 Å². The van der Waals surface area contributed by atoms with Gasteiger partial charge in [0.15, 0.2) is 0 Å². The monoisotopic (exact) mass is 412 g/mol. The highest BCUT2D eigenvalue weighted by molar-refractivity contribution is 5.79. The molecule has 0 bridgehead atoms.